The summed E-state index contributed by atoms with van der Waals surface area (Å²) in [4.78, 5) is 0. The van der Waals surface area contributed by atoms with Crippen LogP contribution < -0.4 is 10.1 Å². The van der Waals surface area contributed by atoms with E-state index < -0.39 is 0 Å². The van der Waals surface area contributed by atoms with Gasteiger partial charge in [0, 0.05) is 11.6 Å². The van der Waals surface area contributed by atoms with Crippen molar-refractivity contribution in [1.82, 2.24) is 5.32 Å². The molecular weight excluding hydrogens is 222 g/mol. The van der Waals surface area contributed by atoms with Crippen molar-refractivity contribution in [3.05, 3.63) is 29.8 Å². The molecular formula is C16H27NO. The standard InChI is InChI=1S/C16H27NO/c1-5-9-13(3)12-15(17-6-2)14-10-7-8-11-16(14)18-4/h7-8,10-11,13,15,17H,5-6,9,12H2,1-4H3. The lowest BCUT2D eigenvalue weighted by molar-refractivity contribution is 0.368. The molecule has 0 saturated heterocycles. The maximum absolute atomic E-state index is 5.47. The molecule has 0 amide bonds. The van der Waals surface area contributed by atoms with Crippen LogP contribution in [-0.2, 0) is 0 Å². The van der Waals surface area contributed by atoms with E-state index in [2.05, 4.69) is 38.2 Å². The molecule has 0 radical (unpaired) electrons. The fourth-order valence-corrected chi connectivity index (χ4v) is 2.53. The van der Waals surface area contributed by atoms with E-state index in [9.17, 15) is 0 Å². The molecule has 2 atom stereocenters. The van der Waals surface area contributed by atoms with Crippen molar-refractivity contribution in [2.45, 2.75) is 46.1 Å². The van der Waals surface area contributed by atoms with Crippen molar-refractivity contribution in [2.75, 3.05) is 13.7 Å². The average molecular weight is 249 g/mol. The van der Waals surface area contributed by atoms with E-state index >= 15 is 0 Å². The second kappa shape index (κ2) is 8.15. The molecule has 1 aromatic rings. The first-order valence-electron chi connectivity index (χ1n) is 7.09. The van der Waals surface area contributed by atoms with Crippen molar-refractivity contribution in [1.29, 1.82) is 0 Å². The molecule has 0 bridgehead atoms. The van der Waals surface area contributed by atoms with Gasteiger partial charge in [-0.1, -0.05) is 51.8 Å². The fraction of sp³-hybridized carbons (Fsp3) is 0.625. The van der Waals surface area contributed by atoms with Crippen LogP contribution in [-0.4, -0.2) is 13.7 Å². The summed E-state index contributed by atoms with van der Waals surface area (Å²) in [5.74, 6) is 1.73. The Bertz CT molecular complexity index is 338. The topological polar surface area (TPSA) is 21.3 Å². The molecule has 0 heterocycles. The Kier molecular flexibility index (Phi) is 6.81. The molecule has 0 aliphatic rings. The lowest BCUT2D eigenvalue weighted by atomic mass is 9.92. The predicted octanol–water partition coefficient (Wildman–Crippen LogP) is 4.17. The Morgan fingerprint density at radius 2 is 1.94 bits per heavy atom. The molecule has 0 spiro atoms. The largest absolute Gasteiger partial charge is 0.496 e. The zero-order valence-electron chi connectivity index (χ0n) is 12.2. The third kappa shape index (κ3) is 4.34. The smallest absolute Gasteiger partial charge is 0.123 e. The first-order valence-corrected chi connectivity index (χ1v) is 7.09. The van der Waals surface area contributed by atoms with Crippen molar-refractivity contribution >= 4 is 0 Å². The van der Waals surface area contributed by atoms with Gasteiger partial charge in [-0.2, -0.15) is 0 Å². The summed E-state index contributed by atoms with van der Waals surface area (Å²) >= 11 is 0. The summed E-state index contributed by atoms with van der Waals surface area (Å²) in [6.45, 7) is 7.74. The van der Waals surface area contributed by atoms with Gasteiger partial charge in [-0.15, -0.1) is 0 Å². The second-order valence-corrected chi connectivity index (χ2v) is 4.98. The molecule has 1 N–H and O–H groups in total. The molecule has 0 saturated carbocycles. The van der Waals surface area contributed by atoms with E-state index in [0.717, 1.165) is 18.2 Å². The number of hydrogen-bond donors (Lipinski definition) is 1. The summed E-state index contributed by atoms with van der Waals surface area (Å²) in [5.41, 5.74) is 1.28. The van der Waals surface area contributed by atoms with Gasteiger partial charge < -0.3 is 10.1 Å². The molecule has 0 fully saturated rings. The molecule has 2 nitrogen and oxygen atoms in total. The zero-order chi connectivity index (χ0) is 13.4. The predicted molar refractivity (Wildman–Crippen MR) is 78.1 cm³/mol. The minimum absolute atomic E-state index is 0.396. The van der Waals surface area contributed by atoms with Gasteiger partial charge in [-0.05, 0) is 24.9 Å². The van der Waals surface area contributed by atoms with Crippen LogP contribution in [0.25, 0.3) is 0 Å². The summed E-state index contributed by atoms with van der Waals surface area (Å²) in [7, 11) is 1.75. The highest BCUT2D eigenvalue weighted by atomic mass is 16.5. The summed E-state index contributed by atoms with van der Waals surface area (Å²) < 4.78 is 5.47. The normalized spacial score (nSPS) is 14.2. The highest BCUT2D eigenvalue weighted by molar-refractivity contribution is 5.35. The van der Waals surface area contributed by atoms with Crippen LogP contribution in [0.15, 0.2) is 24.3 Å². The molecule has 18 heavy (non-hydrogen) atoms. The highest BCUT2D eigenvalue weighted by Crippen LogP contribution is 2.30. The van der Waals surface area contributed by atoms with Gasteiger partial charge in [0.2, 0.25) is 0 Å². The van der Waals surface area contributed by atoms with Crippen LogP contribution in [0, 0.1) is 5.92 Å². The van der Waals surface area contributed by atoms with Crippen molar-refractivity contribution in [2.24, 2.45) is 5.92 Å². The monoisotopic (exact) mass is 249 g/mol. The molecule has 0 aliphatic carbocycles. The van der Waals surface area contributed by atoms with E-state index in [1.165, 1.54) is 24.8 Å². The van der Waals surface area contributed by atoms with Crippen LogP contribution in [0.2, 0.25) is 0 Å². The van der Waals surface area contributed by atoms with Crippen molar-refractivity contribution in [3.8, 4) is 5.75 Å². The third-order valence-corrected chi connectivity index (χ3v) is 3.38. The number of nitrogens with one attached hydrogen (secondary N) is 1. The lowest BCUT2D eigenvalue weighted by Gasteiger charge is -2.23. The van der Waals surface area contributed by atoms with Gasteiger partial charge in [0.05, 0.1) is 7.11 Å². The van der Waals surface area contributed by atoms with Crippen LogP contribution in [0.5, 0.6) is 5.75 Å². The quantitative estimate of drug-likeness (QED) is 0.746. The molecule has 0 aliphatic heterocycles. The summed E-state index contributed by atoms with van der Waals surface area (Å²) in [6, 6.07) is 8.73. The van der Waals surface area contributed by atoms with E-state index in [4.69, 9.17) is 4.74 Å². The number of rotatable bonds is 8. The van der Waals surface area contributed by atoms with Gasteiger partial charge in [-0.3, -0.25) is 0 Å². The van der Waals surface area contributed by atoms with Crippen LogP contribution in [0.4, 0.5) is 0 Å². The molecule has 1 aromatic carbocycles. The SMILES string of the molecule is CCCC(C)CC(NCC)c1ccccc1OC. The van der Waals surface area contributed by atoms with Gasteiger partial charge in [0.1, 0.15) is 5.75 Å². The summed E-state index contributed by atoms with van der Waals surface area (Å²) in [6.07, 6.45) is 3.71. The average Bonchev–Trinajstić information content (AvgIpc) is 2.38. The third-order valence-electron chi connectivity index (χ3n) is 3.38. The lowest BCUT2D eigenvalue weighted by Crippen LogP contribution is -2.23. The Labute approximate surface area is 112 Å². The second-order valence-electron chi connectivity index (χ2n) is 4.98. The van der Waals surface area contributed by atoms with Gasteiger partial charge in [0.15, 0.2) is 0 Å². The van der Waals surface area contributed by atoms with Gasteiger partial charge in [0.25, 0.3) is 0 Å². The van der Waals surface area contributed by atoms with E-state index in [-0.39, 0.29) is 0 Å². The minimum atomic E-state index is 0.396. The number of benzene rings is 1. The first-order chi connectivity index (χ1) is 8.72. The van der Waals surface area contributed by atoms with Crippen molar-refractivity contribution in [3.63, 3.8) is 0 Å². The Balaban J connectivity index is 2.82. The van der Waals surface area contributed by atoms with Crippen LogP contribution >= 0.6 is 0 Å². The maximum atomic E-state index is 5.47. The summed E-state index contributed by atoms with van der Waals surface area (Å²) in [5, 5.41) is 3.58. The van der Waals surface area contributed by atoms with Crippen molar-refractivity contribution < 1.29 is 4.74 Å². The van der Waals surface area contributed by atoms with E-state index in [0.29, 0.717) is 6.04 Å². The minimum Gasteiger partial charge on any atom is -0.496 e. The molecule has 102 valence electrons. The molecule has 0 aromatic heterocycles. The first kappa shape index (κ1) is 15.0. The number of hydrogen-bond acceptors (Lipinski definition) is 2. The highest BCUT2D eigenvalue weighted by Gasteiger charge is 2.17. The van der Waals surface area contributed by atoms with Gasteiger partial charge >= 0.3 is 0 Å². The zero-order valence-corrected chi connectivity index (χ0v) is 12.2. The molecule has 2 unspecified atom stereocenters. The van der Waals surface area contributed by atoms with Gasteiger partial charge in [-0.25, -0.2) is 0 Å². The Morgan fingerprint density at radius 1 is 1.22 bits per heavy atom. The Morgan fingerprint density at radius 3 is 2.56 bits per heavy atom. The maximum Gasteiger partial charge on any atom is 0.123 e. The Hall–Kier alpha value is -1.02. The fourth-order valence-electron chi connectivity index (χ4n) is 2.53. The molecule has 1 rings (SSSR count). The van der Waals surface area contributed by atoms with E-state index in [1.54, 1.807) is 7.11 Å². The number of methoxy groups -OCH3 is 1. The van der Waals surface area contributed by atoms with Crippen LogP contribution in [0.1, 0.15) is 51.6 Å². The number of para-hydroxylation sites is 1. The van der Waals surface area contributed by atoms with E-state index in [1.807, 2.05) is 12.1 Å². The number of ether oxygens (including phenoxy) is 1. The van der Waals surface area contributed by atoms with Crippen LogP contribution in [0.3, 0.4) is 0 Å². The molecule has 2 heteroatoms.